The highest BCUT2D eigenvalue weighted by Crippen LogP contribution is 2.31. The zero-order chi connectivity index (χ0) is 54.9. The summed E-state index contributed by atoms with van der Waals surface area (Å²) in [5.74, 6) is -9.82. The van der Waals surface area contributed by atoms with Gasteiger partial charge in [0.1, 0.15) is 84.1 Å². The van der Waals surface area contributed by atoms with Crippen molar-refractivity contribution in [2.45, 2.75) is 74.1 Å². The molecule has 0 atom stereocenters. The number of aliphatic hydroxyl groups is 8. The third-order valence-corrected chi connectivity index (χ3v) is 11.4. The number of aliphatic hydroxyl groups excluding tert-OH is 8. The molecule has 0 aliphatic heterocycles. The van der Waals surface area contributed by atoms with E-state index >= 15 is 0 Å². The van der Waals surface area contributed by atoms with Gasteiger partial charge >= 0.3 is 53.8 Å². The van der Waals surface area contributed by atoms with Crippen LogP contribution in [-0.2, 0) is 71.5 Å². The number of carbonyl (C=O) groups excluding carboxylic acids is 8. The van der Waals surface area contributed by atoms with Gasteiger partial charge in [0.05, 0.1) is 59.5 Å². The molecule has 0 saturated carbocycles. The molecule has 0 fully saturated rings. The summed E-state index contributed by atoms with van der Waals surface area (Å²) in [6.07, 6.45) is 1.62. The molecule has 0 aliphatic rings. The highest BCUT2D eigenvalue weighted by Gasteiger charge is 2.48. The van der Waals surface area contributed by atoms with E-state index in [1.165, 1.54) is 0 Å². The van der Waals surface area contributed by atoms with Crippen molar-refractivity contribution in [1.82, 2.24) is 10.6 Å². The SMILES string of the molecule is CC(CO)(CO)C(=O)OCC(C)(COC(=O)C(C)(CO)CO)C(=O)OCC(C)(COC(=O)C(C)(COC(=O)C(C)(CO)CO)COC(=O)C(C)(CO)CO)C(=O)OCCCCCCNC(=O)NCC(=O)O. The fourth-order valence-electron chi connectivity index (χ4n) is 4.93. The van der Waals surface area contributed by atoms with Gasteiger partial charge in [0, 0.05) is 6.54 Å². The van der Waals surface area contributed by atoms with Gasteiger partial charge in [-0.25, -0.2) is 4.79 Å². The predicted octanol–water partition coefficient (Wildman–Crippen LogP) is -3.28. The van der Waals surface area contributed by atoms with Crippen LogP contribution in [0.5, 0.6) is 0 Å². The second kappa shape index (κ2) is 29.9. The second-order valence-corrected chi connectivity index (χ2v) is 19.2. The number of carboxylic acids is 1. The Balaban J connectivity index is 6.85. The summed E-state index contributed by atoms with van der Waals surface area (Å²) in [5.41, 5.74) is -13.9. The number of ether oxygens (including phenoxy) is 7. The number of hydrogen-bond donors (Lipinski definition) is 11. The largest absolute Gasteiger partial charge is 0.480 e. The van der Waals surface area contributed by atoms with Gasteiger partial charge < -0.3 is 89.8 Å². The Bertz CT molecular complexity index is 1610. The van der Waals surface area contributed by atoms with Crippen LogP contribution in [0.15, 0.2) is 0 Å². The molecule has 0 aromatic carbocycles. The Kier molecular flexibility index (Phi) is 27.7. The standard InChI is InChI=1S/C44H74N2O25/c1-38(15-47,16-48)30(57)66-25-43(6,26-67-31(58)39(2,17-49)18-50)35(62)70-23-42(5,34(61)65-13-11-9-8-10-12-45-37(64)46-14-29(55)56)24-71-36(63)44(7,27-68-32(59)40(3,19-51)20-52)28-69-33(60)41(4,21-53)22-54/h47-54H,8-28H2,1-7H3,(H,55,56)(H2,45,46,64). The Hall–Kier alpha value is -5.29. The van der Waals surface area contributed by atoms with Crippen LogP contribution in [0, 0.1) is 37.9 Å². The Morgan fingerprint density at radius 2 is 0.577 bits per heavy atom. The van der Waals surface area contributed by atoms with Gasteiger partial charge in [0.15, 0.2) is 0 Å². The van der Waals surface area contributed by atoms with Crippen molar-refractivity contribution in [1.29, 1.82) is 0 Å². The first-order valence-electron chi connectivity index (χ1n) is 22.3. The van der Waals surface area contributed by atoms with Gasteiger partial charge in [-0.3, -0.25) is 38.4 Å². The third kappa shape index (κ3) is 20.0. The monoisotopic (exact) mass is 1030 g/mol. The maximum atomic E-state index is 14.0. The Labute approximate surface area is 410 Å². The van der Waals surface area contributed by atoms with Crippen molar-refractivity contribution in [3.63, 3.8) is 0 Å². The van der Waals surface area contributed by atoms with Crippen LogP contribution in [0.1, 0.15) is 74.1 Å². The Morgan fingerprint density at radius 1 is 0.338 bits per heavy atom. The topological polar surface area (TPSA) is 424 Å². The molecular formula is C44H74N2O25. The van der Waals surface area contributed by atoms with E-state index in [0.717, 1.165) is 48.5 Å². The highest BCUT2D eigenvalue weighted by molar-refractivity contribution is 5.84. The molecule has 0 aromatic rings. The van der Waals surface area contributed by atoms with E-state index in [9.17, 15) is 84.0 Å². The van der Waals surface area contributed by atoms with E-state index in [1.54, 1.807) is 0 Å². The number of carbonyl (C=O) groups is 9. The zero-order valence-corrected chi connectivity index (χ0v) is 41.4. The van der Waals surface area contributed by atoms with Gasteiger partial charge in [-0.05, 0) is 67.7 Å². The zero-order valence-electron chi connectivity index (χ0n) is 41.4. The van der Waals surface area contributed by atoms with Crippen molar-refractivity contribution < 1.29 is 122 Å². The fourth-order valence-corrected chi connectivity index (χ4v) is 4.93. The van der Waals surface area contributed by atoms with Gasteiger partial charge in [-0.15, -0.1) is 0 Å². The molecule has 0 aromatic heterocycles. The summed E-state index contributed by atoms with van der Waals surface area (Å²) in [6.45, 7) is -5.72. The molecule has 71 heavy (non-hydrogen) atoms. The lowest BCUT2D eigenvalue weighted by Gasteiger charge is -2.33. The van der Waals surface area contributed by atoms with Crippen LogP contribution in [-0.4, -0.2) is 212 Å². The molecule has 0 saturated heterocycles. The molecule has 0 radical (unpaired) electrons. The maximum absolute atomic E-state index is 14.0. The average molecular weight is 1030 g/mol. The summed E-state index contributed by atoms with van der Waals surface area (Å²) < 4.78 is 37.5. The van der Waals surface area contributed by atoms with Crippen LogP contribution >= 0.6 is 0 Å². The second-order valence-electron chi connectivity index (χ2n) is 19.2. The van der Waals surface area contributed by atoms with E-state index in [4.69, 9.17) is 38.3 Å². The van der Waals surface area contributed by atoms with Gasteiger partial charge in [-0.1, -0.05) is 6.42 Å². The summed E-state index contributed by atoms with van der Waals surface area (Å²) in [5, 5.41) is 91.0. The van der Waals surface area contributed by atoms with E-state index < -0.39 is 191 Å². The molecule has 0 rings (SSSR count). The first-order valence-corrected chi connectivity index (χ1v) is 22.3. The molecule has 0 spiro atoms. The molecule has 0 unspecified atom stereocenters. The Morgan fingerprint density at radius 3 is 0.831 bits per heavy atom. The summed E-state index contributed by atoms with van der Waals surface area (Å²) in [7, 11) is 0. The minimum atomic E-state index is -2.17. The van der Waals surface area contributed by atoms with E-state index in [-0.39, 0.29) is 19.6 Å². The number of unbranched alkanes of at least 4 members (excludes halogenated alkanes) is 3. The van der Waals surface area contributed by atoms with Crippen molar-refractivity contribution in [2.24, 2.45) is 37.9 Å². The summed E-state index contributed by atoms with van der Waals surface area (Å²) >= 11 is 0. The summed E-state index contributed by atoms with van der Waals surface area (Å²) in [4.78, 5) is 116. The van der Waals surface area contributed by atoms with Gasteiger partial charge in [0.2, 0.25) is 0 Å². The number of nitrogens with one attached hydrogen (secondary N) is 2. The van der Waals surface area contributed by atoms with E-state index in [2.05, 4.69) is 10.6 Å². The molecule has 0 aliphatic carbocycles. The molecule has 0 bridgehead atoms. The van der Waals surface area contributed by atoms with Crippen molar-refractivity contribution >= 4 is 53.8 Å². The minimum Gasteiger partial charge on any atom is -0.480 e. The number of amides is 2. The number of urea groups is 1. The van der Waals surface area contributed by atoms with Crippen LogP contribution in [0.2, 0.25) is 0 Å². The molecule has 27 nitrogen and oxygen atoms in total. The molecule has 11 N–H and O–H groups in total. The highest BCUT2D eigenvalue weighted by atomic mass is 16.6. The number of rotatable bonds is 36. The number of hydrogen-bond acceptors (Lipinski definition) is 24. The van der Waals surface area contributed by atoms with Crippen LogP contribution in [0.4, 0.5) is 4.79 Å². The fraction of sp³-hybridized carbons (Fsp3) is 0.795. The van der Waals surface area contributed by atoms with E-state index in [1.807, 2.05) is 0 Å². The van der Waals surface area contributed by atoms with Crippen molar-refractivity contribution in [3.8, 4) is 0 Å². The normalized spacial score (nSPS) is 12.5. The first-order chi connectivity index (χ1) is 33.0. The lowest BCUT2D eigenvalue weighted by atomic mass is 9.89. The molecule has 0 heterocycles. The van der Waals surface area contributed by atoms with E-state index in [0.29, 0.717) is 19.3 Å². The minimum absolute atomic E-state index is 0.184. The quantitative estimate of drug-likeness (QED) is 0.0166. The van der Waals surface area contributed by atoms with Gasteiger partial charge in [-0.2, -0.15) is 0 Å². The van der Waals surface area contributed by atoms with Crippen LogP contribution < -0.4 is 10.6 Å². The molecular weight excluding hydrogens is 956 g/mol. The average Bonchev–Trinajstić information content (AvgIpc) is 3.37. The van der Waals surface area contributed by atoms with Crippen molar-refractivity contribution in [2.75, 3.05) is 112 Å². The lowest BCUT2D eigenvalue weighted by Crippen LogP contribution is -2.48. The molecule has 2 amide bonds. The predicted molar refractivity (Wildman–Crippen MR) is 238 cm³/mol. The number of esters is 7. The first kappa shape index (κ1) is 65.7. The smallest absolute Gasteiger partial charge is 0.323 e. The molecule has 410 valence electrons. The van der Waals surface area contributed by atoms with Crippen LogP contribution in [0.3, 0.4) is 0 Å². The number of carboxylic acid groups (broad SMARTS) is 1. The van der Waals surface area contributed by atoms with Gasteiger partial charge in [0.25, 0.3) is 0 Å². The lowest BCUT2D eigenvalue weighted by molar-refractivity contribution is -0.185. The number of aliphatic carboxylic acids is 1. The van der Waals surface area contributed by atoms with Crippen molar-refractivity contribution in [3.05, 3.63) is 0 Å². The maximum Gasteiger partial charge on any atom is 0.323 e. The third-order valence-electron chi connectivity index (χ3n) is 11.4. The summed E-state index contributed by atoms with van der Waals surface area (Å²) in [6, 6.07) is -0.692. The van der Waals surface area contributed by atoms with Crippen LogP contribution in [0.25, 0.3) is 0 Å². The molecule has 27 heteroatoms.